The molecular weight excluding hydrogens is 120 g/mol. The maximum atomic E-state index is 10.1. The molecule has 0 aliphatic carbocycles. The second-order valence-electron chi connectivity index (χ2n) is 1.80. The Balaban J connectivity index is 3.68. The van der Waals surface area contributed by atoms with Gasteiger partial charge in [-0.15, -0.1) is 0 Å². The zero-order chi connectivity index (χ0) is 7.28. The number of carboxylic acids is 1. The van der Waals surface area contributed by atoms with E-state index in [1.807, 2.05) is 6.92 Å². The van der Waals surface area contributed by atoms with Crippen molar-refractivity contribution in [1.29, 1.82) is 0 Å². The molecule has 1 N–H and O–H groups in total. The average Bonchev–Trinajstić information content (AvgIpc) is 1.82. The highest BCUT2D eigenvalue weighted by molar-refractivity contribution is 5.86. The van der Waals surface area contributed by atoms with E-state index >= 15 is 0 Å². The van der Waals surface area contributed by atoms with Crippen LogP contribution in [0.4, 0.5) is 0 Å². The molecule has 0 rings (SSSR count). The van der Waals surface area contributed by atoms with Gasteiger partial charge in [-0.3, -0.25) is 9.59 Å². The van der Waals surface area contributed by atoms with Crippen molar-refractivity contribution in [2.45, 2.75) is 19.8 Å². The van der Waals surface area contributed by atoms with Gasteiger partial charge in [0.05, 0.1) is 0 Å². The van der Waals surface area contributed by atoms with Gasteiger partial charge >= 0.3 is 5.97 Å². The Kier molecular flexibility index (Phi) is 3.67. The summed E-state index contributed by atoms with van der Waals surface area (Å²) in [5, 5.41) is 8.24. The first-order valence-corrected chi connectivity index (χ1v) is 2.82. The Labute approximate surface area is 53.7 Å². The third-order valence-electron chi connectivity index (χ3n) is 1.02. The lowest BCUT2D eigenvalue weighted by Gasteiger charge is -1.97. The zero-order valence-electron chi connectivity index (χ0n) is 5.26. The number of rotatable bonds is 4. The topological polar surface area (TPSA) is 54.4 Å². The van der Waals surface area contributed by atoms with Crippen LogP contribution in [0.25, 0.3) is 0 Å². The van der Waals surface area contributed by atoms with Crippen molar-refractivity contribution in [3.05, 3.63) is 0 Å². The molecule has 0 saturated carbocycles. The molecule has 0 bridgehead atoms. The van der Waals surface area contributed by atoms with E-state index in [1.165, 1.54) is 6.29 Å². The van der Waals surface area contributed by atoms with Gasteiger partial charge in [0.15, 0.2) is 0 Å². The van der Waals surface area contributed by atoms with Gasteiger partial charge in [-0.1, -0.05) is 13.3 Å². The van der Waals surface area contributed by atoms with Crippen LogP contribution < -0.4 is 0 Å². The first kappa shape index (κ1) is 8.14. The van der Waals surface area contributed by atoms with Crippen LogP contribution in [0.5, 0.6) is 0 Å². The van der Waals surface area contributed by atoms with Gasteiger partial charge < -0.3 is 5.11 Å². The quantitative estimate of drug-likeness (QED) is 0.565. The van der Waals surface area contributed by atoms with Crippen molar-refractivity contribution in [1.82, 2.24) is 0 Å². The molecule has 3 nitrogen and oxygen atoms in total. The van der Waals surface area contributed by atoms with Gasteiger partial charge in [0.25, 0.3) is 0 Å². The number of hydrogen-bond acceptors (Lipinski definition) is 2. The molecule has 0 heterocycles. The SMILES string of the molecule is CCCC([C]=O)C(=O)O. The lowest BCUT2D eigenvalue weighted by Crippen LogP contribution is -2.14. The molecule has 3 heteroatoms. The molecule has 1 radical (unpaired) electrons. The minimum atomic E-state index is -1.08. The molecule has 0 spiro atoms. The lowest BCUT2D eigenvalue weighted by molar-refractivity contribution is -0.139. The van der Waals surface area contributed by atoms with Gasteiger partial charge in [-0.2, -0.15) is 0 Å². The number of carboxylic acid groups (broad SMARTS) is 1. The van der Waals surface area contributed by atoms with E-state index in [4.69, 9.17) is 5.11 Å². The molecule has 0 aromatic carbocycles. The smallest absolute Gasteiger partial charge is 0.314 e. The van der Waals surface area contributed by atoms with Crippen molar-refractivity contribution < 1.29 is 14.7 Å². The minimum absolute atomic E-state index is 0.388. The number of hydrogen-bond donors (Lipinski definition) is 1. The molecule has 0 aromatic rings. The summed E-state index contributed by atoms with van der Waals surface area (Å²) < 4.78 is 0. The van der Waals surface area contributed by atoms with Crippen molar-refractivity contribution in [3.8, 4) is 0 Å². The molecule has 0 aromatic heterocycles. The maximum absolute atomic E-state index is 10.1. The molecule has 51 valence electrons. The van der Waals surface area contributed by atoms with Gasteiger partial charge in [0.2, 0.25) is 6.29 Å². The fourth-order valence-corrected chi connectivity index (χ4v) is 0.521. The van der Waals surface area contributed by atoms with Crippen molar-refractivity contribution in [2.75, 3.05) is 0 Å². The summed E-state index contributed by atoms with van der Waals surface area (Å²) in [5.41, 5.74) is 0. The Morgan fingerprint density at radius 1 is 1.78 bits per heavy atom. The van der Waals surface area contributed by atoms with Crippen LogP contribution in [0.2, 0.25) is 0 Å². The summed E-state index contributed by atoms with van der Waals surface area (Å²) in [6.45, 7) is 1.83. The monoisotopic (exact) mass is 129 g/mol. The highest BCUT2D eigenvalue weighted by Gasteiger charge is 2.14. The summed E-state index contributed by atoms with van der Waals surface area (Å²) in [4.78, 5) is 19.9. The van der Waals surface area contributed by atoms with E-state index in [9.17, 15) is 9.59 Å². The number of carbonyl (C=O) groups excluding carboxylic acids is 1. The predicted molar refractivity (Wildman–Crippen MR) is 31.7 cm³/mol. The minimum Gasteiger partial charge on any atom is -0.481 e. The van der Waals surface area contributed by atoms with Crippen LogP contribution in [-0.2, 0) is 9.59 Å². The standard InChI is InChI=1S/C6H9O3/c1-2-3-5(4-7)6(8)9/h5H,2-3H2,1H3,(H,8,9). The first-order chi connectivity index (χ1) is 4.22. The average molecular weight is 129 g/mol. The number of carbonyl (C=O) groups is 1. The van der Waals surface area contributed by atoms with Crippen LogP contribution in [0.15, 0.2) is 0 Å². The maximum Gasteiger partial charge on any atom is 0.314 e. The van der Waals surface area contributed by atoms with E-state index in [-0.39, 0.29) is 0 Å². The molecule has 1 unspecified atom stereocenters. The molecule has 0 fully saturated rings. The fourth-order valence-electron chi connectivity index (χ4n) is 0.521. The Hall–Kier alpha value is -0.860. The highest BCUT2D eigenvalue weighted by Crippen LogP contribution is 2.01. The third-order valence-corrected chi connectivity index (χ3v) is 1.02. The van der Waals surface area contributed by atoms with Gasteiger partial charge in [-0.05, 0) is 6.42 Å². The summed E-state index contributed by atoms with van der Waals surface area (Å²) in [6.07, 6.45) is 2.54. The summed E-state index contributed by atoms with van der Waals surface area (Å²) in [5.74, 6) is -2.00. The van der Waals surface area contributed by atoms with Gasteiger partial charge in [0.1, 0.15) is 5.92 Å². The Morgan fingerprint density at radius 2 is 2.33 bits per heavy atom. The largest absolute Gasteiger partial charge is 0.481 e. The zero-order valence-corrected chi connectivity index (χ0v) is 5.26. The van der Waals surface area contributed by atoms with Crippen LogP contribution in [0.3, 0.4) is 0 Å². The van der Waals surface area contributed by atoms with Gasteiger partial charge in [-0.25, -0.2) is 0 Å². The third kappa shape index (κ3) is 2.85. The first-order valence-electron chi connectivity index (χ1n) is 2.82. The van der Waals surface area contributed by atoms with Gasteiger partial charge in [0, 0.05) is 0 Å². The van der Waals surface area contributed by atoms with E-state index < -0.39 is 11.9 Å². The summed E-state index contributed by atoms with van der Waals surface area (Å²) >= 11 is 0. The van der Waals surface area contributed by atoms with Crippen LogP contribution in [-0.4, -0.2) is 17.4 Å². The van der Waals surface area contributed by atoms with E-state index in [0.29, 0.717) is 12.8 Å². The molecule has 0 aliphatic heterocycles. The molecule has 0 amide bonds. The second-order valence-corrected chi connectivity index (χ2v) is 1.80. The molecule has 1 atom stereocenters. The summed E-state index contributed by atoms with van der Waals surface area (Å²) in [7, 11) is 0. The van der Waals surface area contributed by atoms with Crippen LogP contribution in [0, 0.1) is 5.92 Å². The molecule has 0 aliphatic rings. The van der Waals surface area contributed by atoms with E-state index in [2.05, 4.69) is 0 Å². The van der Waals surface area contributed by atoms with Crippen molar-refractivity contribution in [2.24, 2.45) is 5.92 Å². The summed E-state index contributed by atoms with van der Waals surface area (Å²) in [6, 6.07) is 0. The highest BCUT2D eigenvalue weighted by atomic mass is 16.4. The van der Waals surface area contributed by atoms with Crippen molar-refractivity contribution >= 4 is 12.3 Å². The fraction of sp³-hybridized carbons (Fsp3) is 0.667. The molecule has 0 saturated heterocycles. The molecular formula is C6H9O3. The van der Waals surface area contributed by atoms with Crippen LogP contribution >= 0.6 is 0 Å². The van der Waals surface area contributed by atoms with E-state index in [0.717, 1.165) is 0 Å². The Morgan fingerprint density at radius 3 is 2.44 bits per heavy atom. The van der Waals surface area contributed by atoms with Crippen LogP contribution in [0.1, 0.15) is 19.8 Å². The Bertz CT molecular complexity index is 109. The lowest BCUT2D eigenvalue weighted by atomic mass is 10.1. The number of aliphatic carboxylic acids is 1. The van der Waals surface area contributed by atoms with Crippen molar-refractivity contribution in [3.63, 3.8) is 0 Å². The normalized spacial score (nSPS) is 12.6. The molecule has 9 heavy (non-hydrogen) atoms. The predicted octanol–water partition coefficient (Wildman–Crippen LogP) is 0.597. The van der Waals surface area contributed by atoms with E-state index in [1.54, 1.807) is 0 Å². The second kappa shape index (κ2) is 4.06.